The second-order valence-electron chi connectivity index (χ2n) is 1.63. The number of carbonyl (C=O) groups is 1. The van der Waals surface area contributed by atoms with Gasteiger partial charge in [0, 0.05) is 0 Å². The molecule has 0 bridgehead atoms. The van der Waals surface area contributed by atoms with Crippen LogP contribution in [0.2, 0.25) is 0 Å². The van der Waals surface area contributed by atoms with E-state index in [2.05, 4.69) is 4.98 Å². The molecule has 0 amide bonds. The molecule has 1 heterocycles. The molecular weight excluding hydrogens is 154 g/mol. The maximum absolute atomic E-state index is 10.6. The molecule has 1 aromatic heterocycles. The van der Waals surface area contributed by atoms with Crippen LogP contribution in [0.5, 0.6) is 0 Å². The Labute approximate surface area is 58.9 Å². The number of rotatable bonds is 0. The number of aromatic nitrogens is 3. The van der Waals surface area contributed by atoms with Crippen molar-refractivity contribution in [2.45, 2.75) is 0 Å². The number of nitrogens with one attached hydrogen (secondary N) is 1. The Hall–Kier alpha value is -1.92. The lowest BCUT2D eigenvalue weighted by atomic mass is 10.9. The van der Waals surface area contributed by atoms with Crippen LogP contribution in [0.15, 0.2) is 15.9 Å². The third-order valence-electron chi connectivity index (χ3n) is 0.929. The topological polar surface area (TPSA) is 105 Å². The molecule has 11 heavy (non-hydrogen) atoms. The highest BCUT2D eigenvalue weighted by Gasteiger charge is 2.02. The van der Waals surface area contributed by atoms with Crippen molar-refractivity contribution in [2.75, 3.05) is 0 Å². The van der Waals surface area contributed by atoms with Gasteiger partial charge in [-0.15, -0.1) is 0 Å². The number of carboxylic acid groups (broad SMARTS) is 1. The SMILES string of the molecule is O=C(O)n1cnc(=O)[nH]c1=O. The molecule has 0 saturated heterocycles. The first kappa shape index (κ1) is 7.19. The maximum Gasteiger partial charge on any atom is 0.420 e. The monoisotopic (exact) mass is 157 g/mol. The highest BCUT2D eigenvalue weighted by atomic mass is 16.4. The summed E-state index contributed by atoms with van der Waals surface area (Å²) in [6.07, 6.45) is -0.845. The first-order chi connectivity index (χ1) is 5.11. The van der Waals surface area contributed by atoms with E-state index in [9.17, 15) is 14.4 Å². The van der Waals surface area contributed by atoms with E-state index >= 15 is 0 Å². The van der Waals surface area contributed by atoms with E-state index in [0.29, 0.717) is 6.33 Å². The number of hydrogen-bond acceptors (Lipinski definition) is 4. The zero-order chi connectivity index (χ0) is 8.43. The average molecular weight is 157 g/mol. The Morgan fingerprint density at radius 2 is 2.27 bits per heavy atom. The van der Waals surface area contributed by atoms with Crippen LogP contribution in [0.3, 0.4) is 0 Å². The van der Waals surface area contributed by atoms with Crippen molar-refractivity contribution >= 4 is 6.09 Å². The van der Waals surface area contributed by atoms with E-state index in [4.69, 9.17) is 5.11 Å². The second-order valence-corrected chi connectivity index (χ2v) is 1.63. The standard InChI is InChI=1S/C4H3N3O4/c8-2-5-1-7(4(10)11)3(9)6-2/h1H,(H,10,11)(H,6,8,9). The zero-order valence-electron chi connectivity index (χ0n) is 5.14. The first-order valence-electron chi connectivity index (χ1n) is 2.52. The lowest BCUT2D eigenvalue weighted by molar-refractivity contribution is 0.194. The molecule has 0 aliphatic heterocycles. The number of H-pyrrole nitrogens is 1. The molecule has 0 aliphatic carbocycles. The van der Waals surface area contributed by atoms with Crippen LogP contribution in [0.4, 0.5) is 4.79 Å². The van der Waals surface area contributed by atoms with Crippen molar-refractivity contribution in [1.29, 1.82) is 0 Å². The molecule has 58 valence electrons. The van der Waals surface area contributed by atoms with Crippen LogP contribution in [0.1, 0.15) is 0 Å². The zero-order valence-corrected chi connectivity index (χ0v) is 5.14. The van der Waals surface area contributed by atoms with Gasteiger partial charge in [0.2, 0.25) is 0 Å². The Kier molecular flexibility index (Phi) is 1.55. The molecule has 0 unspecified atom stereocenters. The molecular formula is C4H3N3O4. The van der Waals surface area contributed by atoms with Gasteiger partial charge in [-0.1, -0.05) is 0 Å². The van der Waals surface area contributed by atoms with Gasteiger partial charge in [-0.05, 0) is 0 Å². The number of aromatic amines is 1. The van der Waals surface area contributed by atoms with Crippen LogP contribution >= 0.6 is 0 Å². The third-order valence-corrected chi connectivity index (χ3v) is 0.929. The van der Waals surface area contributed by atoms with Gasteiger partial charge in [-0.3, -0.25) is 4.98 Å². The molecule has 0 fully saturated rings. The van der Waals surface area contributed by atoms with Gasteiger partial charge < -0.3 is 5.11 Å². The minimum Gasteiger partial charge on any atom is -0.464 e. The van der Waals surface area contributed by atoms with Crippen LogP contribution in [0, 0.1) is 0 Å². The number of hydrogen-bond donors (Lipinski definition) is 2. The van der Waals surface area contributed by atoms with Crippen LogP contribution < -0.4 is 11.4 Å². The molecule has 0 radical (unpaired) electrons. The molecule has 1 rings (SSSR count). The van der Waals surface area contributed by atoms with E-state index in [-0.39, 0.29) is 4.57 Å². The summed E-state index contributed by atoms with van der Waals surface area (Å²) in [5, 5.41) is 8.26. The summed E-state index contributed by atoms with van der Waals surface area (Å²) in [7, 11) is 0. The van der Waals surface area contributed by atoms with Crippen molar-refractivity contribution in [3.05, 3.63) is 27.3 Å². The largest absolute Gasteiger partial charge is 0.464 e. The molecule has 0 atom stereocenters. The van der Waals surface area contributed by atoms with Gasteiger partial charge in [0.1, 0.15) is 6.33 Å². The summed E-state index contributed by atoms with van der Waals surface area (Å²) in [6, 6.07) is 0. The Balaban J connectivity index is 3.43. The Bertz CT molecular complexity index is 389. The van der Waals surface area contributed by atoms with Crippen LogP contribution in [0.25, 0.3) is 0 Å². The summed E-state index contributed by atoms with van der Waals surface area (Å²) >= 11 is 0. The molecule has 7 heteroatoms. The minimum absolute atomic E-state index is 0.265. The fraction of sp³-hybridized carbons (Fsp3) is 0. The smallest absolute Gasteiger partial charge is 0.420 e. The van der Waals surface area contributed by atoms with Crippen molar-refractivity contribution in [3.8, 4) is 0 Å². The quantitative estimate of drug-likeness (QED) is 0.474. The molecule has 2 N–H and O–H groups in total. The molecule has 1 aromatic rings. The van der Waals surface area contributed by atoms with Crippen LogP contribution in [-0.2, 0) is 0 Å². The van der Waals surface area contributed by atoms with Gasteiger partial charge in [-0.2, -0.15) is 9.55 Å². The lowest BCUT2D eigenvalue weighted by Crippen LogP contribution is -2.34. The van der Waals surface area contributed by atoms with E-state index in [1.54, 1.807) is 4.98 Å². The van der Waals surface area contributed by atoms with Gasteiger partial charge in [0.05, 0.1) is 0 Å². The van der Waals surface area contributed by atoms with Crippen molar-refractivity contribution in [1.82, 2.24) is 14.5 Å². The summed E-state index contributed by atoms with van der Waals surface area (Å²) in [6.45, 7) is 0. The highest BCUT2D eigenvalue weighted by Crippen LogP contribution is 1.68. The summed E-state index contributed by atoms with van der Waals surface area (Å²) in [4.78, 5) is 35.7. The fourth-order valence-corrected chi connectivity index (χ4v) is 0.483. The second kappa shape index (κ2) is 2.37. The van der Waals surface area contributed by atoms with E-state index < -0.39 is 17.5 Å². The fourth-order valence-electron chi connectivity index (χ4n) is 0.483. The van der Waals surface area contributed by atoms with Crippen molar-refractivity contribution < 1.29 is 9.90 Å². The van der Waals surface area contributed by atoms with E-state index in [1.807, 2.05) is 0 Å². The number of nitrogens with zero attached hydrogens (tertiary/aromatic N) is 2. The van der Waals surface area contributed by atoms with Crippen molar-refractivity contribution in [3.63, 3.8) is 0 Å². The predicted octanol–water partition coefficient (Wildman–Crippen LogP) is -1.54. The summed E-state index contributed by atoms with van der Waals surface area (Å²) in [5.41, 5.74) is -1.88. The Morgan fingerprint density at radius 3 is 2.73 bits per heavy atom. The minimum atomic E-state index is -1.49. The Morgan fingerprint density at radius 1 is 1.64 bits per heavy atom. The van der Waals surface area contributed by atoms with E-state index in [0.717, 1.165) is 0 Å². The highest BCUT2D eigenvalue weighted by molar-refractivity contribution is 5.66. The molecule has 0 saturated carbocycles. The molecule has 0 spiro atoms. The lowest BCUT2D eigenvalue weighted by Gasteiger charge is -1.92. The third kappa shape index (κ3) is 1.31. The first-order valence-corrected chi connectivity index (χ1v) is 2.52. The predicted molar refractivity (Wildman–Crippen MR) is 32.5 cm³/mol. The normalized spacial score (nSPS) is 9.45. The maximum atomic E-state index is 10.6. The summed E-state index contributed by atoms with van der Waals surface area (Å²) in [5.74, 6) is 0. The van der Waals surface area contributed by atoms with Gasteiger partial charge >= 0.3 is 17.5 Å². The molecule has 0 aromatic carbocycles. The van der Waals surface area contributed by atoms with Gasteiger partial charge in [-0.25, -0.2) is 14.4 Å². The van der Waals surface area contributed by atoms with Crippen molar-refractivity contribution in [2.24, 2.45) is 0 Å². The van der Waals surface area contributed by atoms with Gasteiger partial charge in [0.25, 0.3) is 0 Å². The van der Waals surface area contributed by atoms with Crippen LogP contribution in [-0.4, -0.2) is 25.7 Å². The van der Waals surface area contributed by atoms with Gasteiger partial charge in [0.15, 0.2) is 0 Å². The average Bonchev–Trinajstić information content (AvgIpc) is 1.85. The molecule has 0 aliphatic rings. The van der Waals surface area contributed by atoms with E-state index in [1.165, 1.54) is 0 Å². The summed E-state index contributed by atoms with van der Waals surface area (Å²) < 4.78 is 0.265. The molecule has 7 nitrogen and oxygen atoms in total.